The van der Waals surface area contributed by atoms with Gasteiger partial charge in [0, 0.05) is 36.6 Å². The zero-order valence-electron chi connectivity index (χ0n) is 13.4. The summed E-state index contributed by atoms with van der Waals surface area (Å²) in [6.45, 7) is 1.02. The fourth-order valence-electron chi connectivity index (χ4n) is 3.29. The molecule has 4 atom stereocenters. The van der Waals surface area contributed by atoms with Gasteiger partial charge >= 0.3 is 0 Å². The van der Waals surface area contributed by atoms with Crippen molar-refractivity contribution in [2.24, 2.45) is 5.92 Å². The Balaban J connectivity index is 1.66. The average Bonchev–Trinajstić information content (AvgIpc) is 2.93. The molecule has 0 spiro atoms. The van der Waals surface area contributed by atoms with Crippen LogP contribution in [0.25, 0.3) is 0 Å². The number of aliphatic hydroxyl groups excluding tert-OH is 1. The molecule has 2 heterocycles. The van der Waals surface area contributed by atoms with Gasteiger partial charge in [-0.15, -0.1) is 0 Å². The van der Waals surface area contributed by atoms with Crippen LogP contribution in [0.4, 0.5) is 0 Å². The Bertz CT molecular complexity index is 341. The topological polar surface area (TPSA) is 62.5 Å². The van der Waals surface area contributed by atoms with Gasteiger partial charge in [-0.1, -0.05) is 19.3 Å². The predicted octanol–water partition coefficient (Wildman–Crippen LogP) is 3.49. The number of unbranched alkanes of at least 4 members (excludes halogenated alkanes) is 4. The van der Waals surface area contributed by atoms with Gasteiger partial charge in [-0.25, -0.2) is 0 Å². The van der Waals surface area contributed by atoms with Crippen LogP contribution in [0, 0.1) is 17.2 Å². The first kappa shape index (κ1) is 18.1. The lowest BCUT2D eigenvalue weighted by atomic mass is 9.96. The van der Waals surface area contributed by atoms with Crippen molar-refractivity contribution in [1.29, 1.82) is 5.26 Å². The molecular weight excluding hydrogens is 298 g/mol. The number of ether oxygens (including phenoxy) is 2. The summed E-state index contributed by atoms with van der Waals surface area (Å²) in [5.41, 5.74) is 0. The second-order valence-electron chi connectivity index (χ2n) is 6.30. The SMILES string of the molecule is N#CCCCCCC[C@@H]1SC[C@H](OC2CCCCO2)[C@H]1CO. The molecule has 4 nitrogen and oxygen atoms in total. The summed E-state index contributed by atoms with van der Waals surface area (Å²) in [7, 11) is 0. The maximum Gasteiger partial charge on any atom is 0.158 e. The summed E-state index contributed by atoms with van der Waals surface area (Å²) >= 11 is 1.95. The zero-order valence-corrected chi connectivity index (χ0v) is 14.2. The molecule has 126 valence electrons. The zero-order chi connectivity index (χ0) is 15.6. The van der Waals surface area contributed by atoms with Crippen LogP contribution in [-0.4, -0.2) is 41.7 Å². The Morgan fingerprint density at radius 2 is 2.09 bits per heavy atom. The van der Waals surface area contributed by atoms with Crippen LogP contribution >= 0.6 is 11.8 Å². The van der Waals surface area contributed by atoms with E-state index in [-0.39, 0.29) is 24.9 Å². The molecule has 0 aliphatic carbocycles. The van der Waals surface area contributed by atoms with Crippen molar-refractivity contribution in [1.82, 2.24) is 0 Å². The Hall–Kier alpha value is -0.280. The number of nitrogens with zero attached hydrogens (tertiary/aromatic N) is 1. The molecule has 5 heteroatoms. The summed E-state index contributed by atoms with van der Waals surface area (Å²) in [6, 6.07) is 2.19. The van der Waals surface area contributed by atoms with Gasteiger partial charge in [0.15, 0.2) is 6.29 Å². The van der Waals surface area contributed by atoms with E-state index in [2.05, 4.69) is 6.07 Å². The highest BCUT2D eigenvalue weighted by molar-refractivity contribution is 8.00. The number of rotatable bonds is 9. The highest BCUT2D eigenvalue weighted by Crippen LogP contribution is 2.38. The number of nitriles is 1. The van der Waals surface area contributed by atoms with Crippen molar-refractivity contribution in [3.05, 3.63) is 0 Å². The molecule has 2 fully saturated rings. The maximum atomic E-state index is 9.74. The van der Waals surface area contributed by atoms with Crippen LogP contribution in [0.2, 0.25) is 0 Å². The molecule has 1 unspecified atom stereocenters. The van der Waals surface area contributed by atoms with Crippen molar-refractivity contribution < 1.29 is 14.6 Å². The summed E-state index contributed by atoms with van der Waals surface area (Å²) in [5, 5.41) is 18.8. The van der Waals surface area contributed by atoms with Gasteiger partial charge in [-0.2, -0.15) is 17.0 Å². The average molecular weight is 327 g/mol. The Morgan fingerprint density at radius 1 is 1.23 bits per heavy atom. The Labute approximate surface area is 138 Å². The molecule has 2 aliphatic heterocycles. The van der Waals surface area contributed by atoms with E-state index >= 15 is 0 Å². The molecule has 0 aromatic rings. The van der Waals surface area contributed by atoms with Crippen molar-refractivity contribution in [2.45, 2.75) is 75.4 Å². The number of aliphatic hydroxyl groups is 1. The third-order valence-corrected chi connectivity index (χ3v) is 6.17. The van der Waals surface area contributed by atoms with Gasteiger partial charge < -0.3 is 14.6 Å². The van der Waals surface area contributed by atoms with E-state index in [0.717, 1.165) is 44.5 Å². The molecule has 0 saturated carbocycles. The fourth-order valence-corrected chi connectivity index (χ4v) is 4.90. The van der Waals surface area contributed by atoms with E-state index in [1.807, 2.05) is 11.8 Å². The van der Waals surface area contributed by atoms with Gasteiger partial charge in [0.2, 0.25) is 0 Å². The largest absolute Gasteiger partial charge is 0.396 e. The van der Waals surface area contributed by atoms with E-state index < -0.39 is 0 Å². The van der Waals surface area contributed by atoms with Crippen LogP contribution in [0.3, 0.4) is 0 Å². The van der Waals surface area contributed by atoms with Crippen molar-refractivity contribution in [3.8, 4) is 6.07 Å². The smallest absolute Gasteiger partial charge is 0.158 e. The summed E-state index contributed by atoms with van der Waals surface area (Å²) in [6.07, 6.45) is 9.75. The minimum atomic E-state index is -0.0573. The summed E-state index contributed by atoms with van der Waals surface area (Å²) in [5.74, 6) is 1.22. The number of hydrogen-bond acceptors (Lipinski definition) is 5. The van der Waals surface area contributed by atoms with Gasteiger partial charge in [-0.05, 0) is 32.1 Å². The summed E-state index contributed by atoms with van der Waals surface area (Å²) in [4.78, 5) is 0. The molecule has 2 saturated heterocycles. The molecule has 0 bridgehead atoms. The normalized spacial score (nSPS) is 32.0. The van der Waals surface area contributed by atoms with Crippen LogP contribution in [-0.2, 0) is 9.47 Å². The van der Waals surface area contributed by atoms with E-state index in [1.165, 1.54) is 19.3 Å². The van der Waals surface area contributed by atoms with Gasteiger partial charge in [0.1, 0.15) is 0 Å². The quantitative estimate of drug-likeness (QED) is 0.657. The fraction of sp³-hybridized carbons (Fsp3) is 0.941. The van der Waals surface area contributed by atoms with E-state index in [0.29, 0.717) is 11.7 Å². The first-order valence-electron chi connectivity index (χ1n) is 8.71. The monoisotopic (exact) mass is 327 g/mol. The molecule has 0 aromatic heterocycles. The van der Waals surface area contributed by atoms with Crippen LogP contribution in [0.1, 0.15) is 57.8 Å². The molecule has 1 N–H and O–H groups in total. The van der Waals surface area contributed by atoms with Crippen molar-refractivity contribution >= 4 is 11.8 Å². The molecule has 2 rings (SSSR count). The predicted molar refractivity (Wildman–Crippen MR) is 88.6 cm³/mol. The standard InChI is InChI=1S/C17H29NO3S/c18-10-6-3-1-2-4-8-16-14(12-19)15(13-22-16)21-17-9-5-7-11-20-17/h14-17,19H,1-9,11-13H2/t14-,15+,16+,17?/m1/s1. The van der Waals surface area contributed by atoms with Gasteiger partial charge in [0.05, 0.1) is 12.2 Å². The van der Waals surface area contributed by atoms with E-state index in [1.54, 1.807) is 0 Å². The Kier molecular flexibility index (Phi) is 8.61. The number of thioether (sulfide) groups is 1. The summed E-state index contributed by atoms with van der Waals surface area (Å²) < 4.78 is 11.8. The van der Waals surface area contributed by atoms with Crippen molar-refractivity contribution in [3.63, 3.8) is 0 Å². The highest BCUT2D eigenvalue weighted by atomic mass is 32.2. The molecule has 0 radical (unpaired) electrons. The second-order valence-corrected chi connectivity index (χ2v) is 7.57. The lowest BCUT2D eigenvalue weighted by Gasteiger charge is -2.29. The molecule has 22 heavy (non-hydrogen) atoms. The number of hydrogen-bond donors (Lipinski definition) is 1. The maximum absolute atomic E-state index is 9.74. The first-order chi connectivity index (χ1) is 10.8. The molecule has 0 aromatic carbocycles. The third kappa shape index (κ3) is 5.73. The highest BCUT2D eigenvalue weighted by Gasteiger charge is 2.38. The van der Waals surface area contributed by atoms with Gasteiger partial charge in [-0.3, -0.25) is 0 Å². The van der Waals surface area contributed by atoms with E-state index in [4.69, 9.17) is 14.7 Å². The van der Waals surface area contributed by atoms with E-state index in [9.17, 15) is 5.11 Å². The molecular formula is C17H29NO3S. The molecule has 2 aliphatic rings. The minimum Gasteiger partial charge on any atom is -0.396 e. The minimum absolute atomic E-state index is 0.0573. The van der Waals surface area contributed by atoms with Gasteiger partial charge in [0.25, 0.3) is 0 Å². The first-order valence-corrected chi connectivity index (χ1v) is 9.76. The van der Waals surface area contributed by atoms with Crippen LogP contribution in [0.15, 0.2) is 0 Å². The lowest BCUT2D eigenvalue weighted by molar-refractivity contribution is -0.193. The second kappa shape index (κ2) is 10.5. The van der Waals surface area contributed by atoms with Crippen molar-refractivity contribution in [2.75, 3.05) is 19.0 Å². The van der Waals surface area contributed by atoms with Crippen LogP contribution in [0.5, 0.6) is 0 Å². The van der Waals surface area contributed by atoms with Crippen LogP contribution < -0.4 is 0 Å². The lowest BCUT2D eigenvalue weighted by Crippen LogP contribution is -2.35. The Morgan fingerprint density at radius 3 is 2.82 bits per heavy atom. The third-order valence-electron chi connectivity index (χ3n) is 4.63. The molecule has 0 amide bonds.